The summed E-state index contributed by atoms with van der Waals surface area (Å²) in [6.45, 7) is 0.469. The fraction of sp³-hybridized carbons (Fsp3) is 0.400. The van der Waals surface area contributed by atoms with Crippen LogP contribution in [-0.4, -0.2) is 18.3 Å². The minimum Gasteiger partial charge on any atom is -0.394 e. The highest BCUT2D eigenvalue weighted by atomic mass is 19.2. The van der Waals surface area contributed by atoms with Crippen LogP contribution in [0, 0.1) is 11.6 Å². The smallest absolute Gasteiger partial charge is 0.163 e. The van der Waals surface area contributed by atoms with Crippen LogP contribution in [0.4, 0.5) is 8.78 Å². The molecule has 1 aliphatic rings. The molecule has 0 saturated heterocycles. The lowest BCUT2D eigenvalue weighted by Crippen LogP contribution is -2.33. The van der Waals surface area contributed by atoms with Gasteiger partial charge in [-0.05, 0) is 24.6 Å². The highest BCUT2D eigenvalue weighted by Crippen LogP contribution is 2.26. The van der Waals surface area contributed by atoms with Crippen molar-refractivity contribution in [3.8, 4) is 0 Å². The van der Waals surface area contributed by atoms with Crippen molar-refractivity contribution in [3.05, 3.63) is 34.9 Å². The van der Waals surface area contributed by atoms with Crippen molar-refractivity contribution in [2.45, 2.75) is 12.5 Å². The number of nitrogens with one attached hydrogen (secondary N) is 1. The second-order valence-electron chi connectivity index (χ2n) is 3.37. The third kappa shape index (κ3) is 1.40. The summed E-state index contributed by atoms with van der Waals surface area (Å²) >= 11 is 0. The van der Waals surface area contributed by atoms with E-state index in [1.807, 2.05) is 0 Å². The fourth-order valence-corrected chi connectivity index (χ4v) is 1.84. The van der Waals surface area contributed by atoms with E-state index in [4.69, 9.17) is 5.11 Å². The van der Waals surface area contributed by atoms with Crippen molar-refractivity contribution in [2.75, 3.05) is 13.2 Å². The number of fused-ring (bicyclic) bond motifs is 1. The highest BCUT2D eigenvalue weighted by Gasteiger charge is 2.24. The highest BCUT2D eigenvalue weighted by molar-refractivity contribution is 5.34. The average molecular weight is 199 g/mol. The first kappa shape index (κ1) is 9.55. The van der Waals surface area contributed by atoms with E-state index in [1.54, 1.807) is 6.07 Å². The first-order valence-corrected chi connectivity index (χ1v) is 4.55. The summed E-state index contributed by atoms with van der Waals surface area (Å²) in [5.74, 6) is -1.69. The van der Waals surface area contributed by atoms with E-state index in [0.717, 1.165) is 11.6 Å². The Balaban J connectivity index is 2.53. The van der Waals surface area contributed by atoms with E-state index < -0.39 is 17.7 Å². The minimum atomic E-state index is -0.856. The minimum absolute atomic E-state index is 0.215. The molecule has 0 saturated carbocycles. The van der Waals surface area contributed by atoms with Crippen molar-refractivity contribution in [1.82, 2.24) is 5.32 Å². The van der Waals surface area contributed by atoms with Crippen LogP contribution in [-0.2, 0) is 6.42 Å². The maximum atomic E-state index is 13.4. The molecule has 14 heavy (non-hydrogen) atoms. The van der Waals surface area contributed by atoms with Crippen LogP contribution >= 0.6 is 0 Å². The van der Waals surface area contributed by atoms with Gasteiger partial charge in [0, 0.05) is 5.56 Å². The maximum absolute atomic E-state index is 13.4. The Morgan fingerprint density at radius 1 is 1.43 bits per heavy atom. The van der Waals surface area contributed by atoms with Crippen LogP contribution in [0.1, 0.15) is 17.2 Å². The Hall–Kier alpha value is -1.00. The zero-order chi connectivity index (χ0) is 10.1. The van der Waals surface area contributed by atoms with Gasteiger partial charge in [-0.3, -0.25) is 0 Å². The first-order chi connectivity index (χ1) is 6.74. The molecule has 4 heteroatoms. The molecular formula is C10H11F2NO. The van der Waals surface area contributed by atoms with Gasteiger partial charge >= 0.3 is 0 Å². The van der Waals surface area contributed by atoms with E-state index in [9.17, 15) is 8.78 Å². The molecule has 1 unspecified atom stereocenters. The van der Waals surface area contributed by atoms with Crippen molar-refractivity contribution >= 4 is 0 Å². The van der Waals surface area contributed by atoms with Crippen LogP contribution in [0.25, 0.3) is 0 Å². The summed E-state index contributed by atoms with van der Waals surface area (Å²) < 4.78 is 26.3. The van der Waals surface area contributed by atoms with Crippen LogP contribution in [0.2, 0.25) is 0 Å². The monoisotopic (exact) mass is 199 g/mol. The second-order valence-corrected chi connectivity index (χ2v) is 3.37. The zero-order valence-corrected chi connectivity index (χ0v) is 7.56. The molecule has 1 aromatic rings. The largest absolute Gasteiger partial charge is 0.394 e. The van der Waals surface area contributed by atoms with Crippen molar-refractivity contribution < 1.29 is 13.9 Å². The van der Waals surface area contributed by atoms with E-state index in [0.29, 0.717) is 13.0 Å². The number of rotatable bonds is 1. The van der Waals surface area contributed by atoms with Crippen molar-refractivity contribution in [3.63, 3.8) is 0 Å². The Bertz CT molecular complexity index is 354. The molecule has 76 valence electrons. The molecule has 0 bridgehead atoms. The van der Waals surface area contributed by atoms with Gasteiger partial charge in [0.25, 0.3) is 0 Å². The number of aliphatic hydroxyl groups excluding tert-OH is 1. The first-order valence-electron chi connectivity index (χ1n) is 4.55. The van der Waals surface area contributed by atoms with Gasteiger partial charge in [-0.25, -0.2) is 8.78 Å². The van der Waals surface area contributed by atoms with E-state index in [-0.39, 0.29) is 12.2 Å². The molecule has 1 atom stereocenters. The van der Waals surface area contributed by atoms with E-state index >= 15 is 0 Å². The summed E-state index contributed by atoms with van der Waals surface area (Å²) in [5.41, 5.74) is 1.06. The zero-order valence-electron chi connectivity index (χ0n) is 7.56. The molecule has 1 aliphatic heterocycles. The predicted octanol–water partition coefficient (Wildman–Crippen LogP) is 1.14. The standard InChI is InChI=1S/C10H11F2NO/c11-7-2-1-6-3-4-13-8(5-14)9(6)10(7)12/h1-2,8,13-14H,3-5H2. The van der Waals surface area contributed by atoms with Crippen molar-refractivity contribution in [2.24, 2.45) is 0 Å². The molecule has 0 aromatic heterocycles. The molecule has 1 heterocycles. The summed E-state index contributed by atoms with van der Waals surface area (Å²) in [4.78, 5) is 0. The van der Waals surface area contributed by atoms with Gasteiger partial charge in [0.05, 0.1) is 12.6 Å². The van der Waals surface area contributed by atoms with Crippen LogP contribution < -0.4 is 5.32 Å². The third-order valence-corrected chi connectivity index (χ3v) is 2.54. The Morgan fingerprint density at radius 3 is 2.93 bits per heavy atom. The summed E-state index contributed by atoms with van der Waals surface area (Å²) in [7, 11) is 0. The molecule has 2 N–H and O–H groups in total. The lowest BCUT2D eigenvalue weighted by atomic mass is 9.94. The lowest BCUT2D eigenvalue weighted by molar-refractivity contribution is 0.235. The SMILES string of the molecule is OCC1NCCc2ccc(F)c(F)c21. The molecule has 0 radical (unpaired) electrons. The lowest BCUT2D eigenvalue weighted by Gasteiger charge is -2.25. The summed E-state index contributed by atoms with van der Waals surface area (Å²) in [6.07, 6.45) is 0.670. The van der Waals surface area contributed by atoms with Gasteiger partial charge in [-0.1, -0.05) is 6.07 Å². The molecule has 0 fully saturated rings. The molecule has 0 amide bonds. The number of hydrogen-bond donors (Lipinski definition) is 2. The van der Waals surface area contributed by atoms with E-state index in [1.165, 1.54) is 0 Å². The number of halogens is 2. The van der Waals surface area contributed by atoms with Gasteiger partial charge in [0.15, 0.2) is 11.6 Å². The topological polar surface area (TPSA) is 32.3 Å². The molecule has 2 rings (SSSR count). The molecule has 0 spiro atoms. The fourth-order valence-electron chi connectivity index (χ4n) is 1.84. The molecule has 1 aromatic carbocycles. The van der Waals surface area contributed by atoms with Gasteiger partial charge < -0.3 is 10.4 Å². The summed E-state index contributed by atoms with van der Waals surface area (Å²) in [5, 5.41) is 11.9. The van der Waals surface area contributed by atoms with E-state index in [2.05, 4.69) is 5.32 Å². The normalized spacial score (nSPS) is 20.6. The predicted molar refractivity (Wildman–Crippen MR) is 47.9 cm³/mol. The Kier molecular flexibility index (Phi) is 2.48. The summed E-state index contributed by atoms with van der Waals surface area (Å²) in [6, 6.07) is 2.24. The molecule has 2 nitrogen and oxygen atoms in total. The molecular weight excluding hydrogens is 188 g/mol. The second kappa shape index (κ2) is 3.63. The van der Waals surface area contributed by atoms with Gasteiger partial charge in [0.1, 0.15) is 0 Å². The van der Waals surface area contributed by atoms with Gasteiger partial charge in [-0.15, -0.1) is 0 Å². The van der Waals surface area contributed by atoms with Crippen LogP contribution in [0.15, 0.2) is 12.1 Å². The number of hydrogen-bond acceptors (Lipinski definition) is 2. The Morgan fingerprint density at radius 2 is 2.21 bits per heavy atom. The average Bonchev–Trinajstić information content (AvgIpc) is 2.23. The van der Waals surface area contributed by atoms with Gasteiger partial charge in [0.2, 0.25) is 0 Å². The quantitative estimate of drug-likeness (QED) is 0.711. The van der Waals surface area contributed by atoms with Crippen LogP contribution in [0.5, 0.6) is 0 Å². The maximum Gasteiger partial charge on any atom is 0.163 e. The number of benzene rings is 1. The third-order valence-electron chi connectivity index (χ3n) is 2.54. The van der Waals surface area contributed by atoms with Crippen molar-refractivity contribution in [1.29, 1.82) is 0 Å². The van der Waals surface area contributed by atoms with Gasteiger partial charge in [-0.2, -0.15) is 0 Å². The van der Waals surface area contributed by atoms with Crippen LogP contribution in [0.3, 0.4) is 0 Å². The Labute approximate surface area is 80.6 Å². The molecule has 0 aliphatic carbocycles. The number of aliphatic hydroxyl groups is 1.